The molecule has 0 atom stereocenters. The molecule has 0 bridgehead atoms. The number of hydrogen-bond donors (Lipinski definition) is 2. The molecule has 4 nitrogen and oxygen atoms in total. The van der Waals surface area contributed by atoms with Gasteiger partial charge in [-0.3, -0.25) is 9.59 Å². The van der Waals surface area contributed by atoms with Crippen LogP contribution < -0.4 is 10.6 Å². The van der Waals surface area contributed by atoms with E-state index in [0.29, 0.717) is 12.1 Å². The Morgan fingerprint density at radius 1 is 1.00 bits per heavy atom. The van der Waals surface area contributed by atoms with Gasteiger partial charge >= 0.3 is 0 Å². The minimum Gasteiger partial charge on any atom is -0.348 e. The van der Waals surface area contributed by atoms with E-state index in [0.717, 1.165) is 11.3 Å². The Hall–Kier alpha value is -2.62. The zero-order valence-electron chi connectivity index (χ0n) is 11.2. The Balaban J connectivity index is 1.97. The molecule has 0 unspecified atom stereocenters. The van der Waals surface area contributed by atoms with Gasteiger partial charge in [0, 0.05) is 24.7 Å². The van der Waals surface area contributed by atoms with Gasteiger partial charge < -0.3 is 10.6 Å². The summed E-state index contributed by atoms with van der Waals surface area (Å²) in [5, 5.41) is 5.56. The van der Waals surface area contributed by atoms with Crippen molar-refractivity contribution in [2.24, 2.45) is 0 Å². The molecule has 0 saturated carbocycles. The van der Waals surface area contributed by atoms with Crippen LogP contribution in [0, 0.1) is 0 Å². The summed E-state index contributed by atoms with van der Waals surface area (Å²) in [4.78, 5) is 22.9. The number of benzene rings is 2. The highest BCUT2D eigenvalue weighted by Crippen LogP contribution is 2.10. The summed E-state index contributed by atoms with van der Waals surface area (Å²) in [6.45, 7) is 1.88. The molecule has 4 heteroatoms. The van der Waals surface area contributed by atoms with Crippen molar-refractivity contribution >= 4 is 17.5 Å². The summed E-state index contributed by atoms with van der Waals surface area (Å²) in [5.41, 5.74) is 2.29. The third kappa shape index (κ3) is 3.95. The second kappa shape index (κ2) is 6.52. The van der Waals surface area contributed by atoms with Crippen molar-refractivity contribution in [3.63, 3.8) is 0 Å². The summed E-state index contributed by atoms with van der Waals surface area (Å²) in [6, 6.07) is 16.4. The predicted molar refractivity (Wildman–Crippen MR) is 78.4 cm³/mol. The lowest BCUT2D eigenvalue weighted by Gasteiger charge is -2.07. The van der Waals surface area contributed by atoms with Crippen LogP contribution in [0.25, 0.3) is 0 Å². The van der Waals surface area contributed by atoms with E-state index in [1.807, 2.05) is 42.5 Å². The fraction of sp³-hybridized carbons (Fsp3) is 0.125. The smallest absolute Gasteiger partial charge is 0.251 e. The molecule has 2 N–H and O–H groups in total. The largest absolute Gasteiger partial charge is 0.348 e. The topological polar surface area (TPSA) is 58.2 Å². The van der Waals surface area contributed by atoms with Crippen LogP contribution in [0.4, 0.5) is 5.69 Å². The van der Waals surface area contributed by atoms with Gasteiger partial charge in [-0.2, -0.15) is 0 Å². The number of carbonyl (C=O) groups excluding carboxylic acids is 2. The molecule has 2 amide bonds. The maximum Gasteiger partial charge on any atom is 0.251 e. The maximum atomic E-state index is 11.9. The average molecular weight is 268 g/mol. The van der Waals surface area contributed by atoms with E-state index in [1.165, 1.54) is 6.92 Å². The Bertz CT molecular complexity index is 609. The van der Waals surface area contributed by atoms with E-state index >= 15 is 0 Å². The number of hydrogen-bond acceptors (Lipinski definition) is 2. The van der Waals surface area contributed by atoms with Crippen molar-refractivity contribution < 1.29 is 9.59 Å². The van der Waals surface area contributed by atoms with Crippen molar-refractivity contribution in [2.75, 3.05) is 5.32 Å². The van der Waals surface area contributed by atoms with Crippen molar-refractivity contribution in [3.05, 3.63) is 65.7 Å². The molecule has 0 spiro atoms. The van der Waals surface area contributed by atoms with Crippen molar-refractivity contribution in [1.29, 1.82) is 0 Å². The van der Waals surface area contributed by atoms with Crippen LogP contribution in [0.15, 0.2) is 54.6 Å². The molecule has 0 radical (unpaired) electrons. The molecule has 0 heterocycles. The average Bonchev–Trinajstić information content (AvgIpc) is 2.45. The normalized spacial score (nSPS) is 9.85. The standard InChI is InChI=1S/C16H16N2O2/c1-12(19)18-15-9-5-6-13(10-15)11-17-16(20)14-7-3-2-4-8-14/h2-10H,11H2,1H3,(H,17,20)(H,18,19). The Morgan fingerprint density at radius 2 is 1.75 bits per heavy atom. The van der Waals surface area contributed by atoms with E-state index in [9.17, 15) is 9.59 Å². The monoisotopic (exact) mass is 268 g/mol. The van der Waals surface area contributed by atoms with Gasteiger partial charge in [0.15, 0.2) is 0 Å². The predicted octanol–water partition coefficient (Wildman–Crippen LogP) is 2.58. The van der Waals surface area contributed by atoms with Crippen LogP contribution in [0.3, 0.4) is 0 Å². The number of anilines is 1. The molecule has 2 rings (SSSR count). The van der Waals surface area contributed by atoms with Crippen molar-refractivity contribution in [2.45, 2.75) is 13.5 Å². The first kappa shape index (κ1) is 13.8. The van der Waals surface area contributed by atoms with E-state index < -0.39 is 0 Å². The van der Waals surface area contributed by atoms with Crippen LogP contribution in [-0.2, 0) is 11.3 Å². The summed E-state index contributed by atoms with van der Waals surface area (Å²) < 4.78 is 0. The summed E-state index contributed by atoms with van der Waals surface area (Å²) in [7, 11) is 0. The second-order valence-electron chi connectivity index (χ2n) is 4.43. The summed E-state index contributed by atoms with van der Waals surface area (Å²) in [6.07, 6.45) is 0. The van der Waals surface area contributed by atoms with Crippen LogP contribution in [0.1, 0.15) is 22.8 Å². The van der Waals surface area contributed by atoms with Gasteiger partial charge in [0.1, 0.15) is 0 Å². The highest BCUT2D eigenvalue weighted by molar-refractivity contribution is 5.94. The third-order valence-corrected chi connectivity index (χ3v) is 2.74. The quantitative estimate of drug-likeness (QED) is 0.895. The molecular formula is C16H16N2O2. The van der Waals surface area contributed by atoms with Gasteiger partial charge in [0.25, 0.3) is 5.91 Å². The lowest BCUT2D eigenvalue weighted by molar-refractivity contribution is -0.114. The first-order valence-electron chi connectivity index (χ1n) is 6.35. The first-order valence-corrected chi connectivity index (χ1v) is 6.35. The van der Waals surface area contributed by atoms with Crippen molar-refractivity contribution in [1.82, 2.24) is 5.32 Å². The number of amides is 2. The molecule has 2 aromatic carbocycles. The lowest BCUT2D eigenvalue weighted by atomic mass is 10.1. The van der Waals surface area contributed by atoms with E-state index in [4.69, 9.17) is 0 Å². The highest BCUT2D eigenvalue weighted by Gasteiger charge is 2.04. The fourth-order valence-corrected chi connectivity index (χ4v) is 1.84. The van der Waals surface area contributed by atoms with E-state index in [2.05, 4.69) is 10.6 Å². The minimum atomic E-state index is -0.115. The van der Waals surface area contributed by atoms with Crippen LogP contribution >= 0.6 is 0 Å². The Kier molecular flexibility index (Phi) is 4.50. The zero-order valence-corrected chi connectivity index (χ0v) is 11.2. The Labute approximate surface area is 117 Å². The van der Waals surface area contributed by atoms with Gasteiger partial charge in [-0.15, -0.1) is 0 Å². The van der Waals surface area contributed by atoms with Gasteiger partial charge in [-0.05, 0) is 29.8 Å². The van der Waals surface area contributed by atoms with Crippen LogP contribution in [0.5, 0.6) is 0 Å². The van der Waals surface area contributed by atoms with Gasteiger partial charge in [0.2, 0.25) is 5.91 Å². The molecular weight excluding hydrogens is 252 g/mol. The molecule has 0 aromatic heterocycles. The molecule has 0 aliphatic carbocycles. The van der Waals surface area contributed by atoms with E-state index in [-0.39, 0.29) is 11.8 Å². The summed E-state index contributed by atoms with van der Waals surface area (Å²) >= 11 is 0. The van der Waals surface area contributed by atoms with Gasteiger partial charge in [-0.25, -0.2) is 0 Å². The number of rotatable bonds is 4. The van der Waals surface area contributed by atoms with Crippen LogP contribution in [-0.4, -0.2) is 11.8 Å². The minimum absolute atomic E-state index is 0.115. The van der Waals surface area contributed by atoms with Crippen LogP contribution in [0.2, 0.25) is 0 Å². The molecule has 102 valence electrons. The molecule has 0 aliphatic rings. The van der Waals surface area contributed by atoms with Crippen molar-refractivity contribution in [3.8, 4) is 0 Å². The first-order chi connectivity index (χ1) is 9.65. The molecule has 20 heavy (non-hydrogen) atoms. The highest BCUT2D eigenvalue weighted by atomic mass is 16.2. The molecule has 2 aromatic rings. The zero-order chi connectivity index (χ0) is 14.4. The second-order valence-corrected chi connectivity index (χ2v) is 4.43. The number of nitrogens with one attached hydrogen (secondary N) is 2. The lowest BCUT2D eigenvalue weighted by Crippen LogP contribution is -2.22. The maximum absolute atomic E-state index is 11.9. The van der Waals surface area contributed by atoms with Gasteiger partial charge in [0.05, 0.1) is 0 Å². The molecule has 0 fully saturated rings. The third-order valence-electron chi connectivity index (χ3n) is 2.74. The summed E-state index contributed by atoms with van der Waals surface area (Å²) in [5.74, 6) is -0.231. The van der Waals surface area contributed by atoms with Gasteiger partial charge in [-0.1, -0.05) is 30.3 Å². The Morgan fingerprint density at radius 3 is 2.45 bits per heavy atom. The SMILES string of the molecule is CC(=O)Nc1cccc(CNC(=O)c2ccccc2)c1. The fourth-order valence-electron chi connectivity index (χ4n) is 1.84. The molecule has 0 saturated heterocycles. The number of carbonyl (C=O) groups is 2. The van der Waals surface area contributed by atoms with E-state index in [1.54, 1.807) is 12.1 Å². The molecule has 0 aliphatic heterocycles.